The summed E-state index contributed by atoms with van der Waals surface area (Å²) in [6, 6.07) is 7.84. The summed E-state index contributed by atoms with van der Waals surface area (Å²) in [6.07, 6.45) is 10.4. The highest BCUT2D eigenvalue weighted by Gasteiger charge is 2.26. The first kappa shape index (κ1) is 28.6. The second-order valence-electron chi connectivity index (χ2n) is 10.1. The lowest BCUT2D eigenvalue weighted by Gasteiger charge is -2.32. The number of pyridine rings is 1. The van der Waals surface area contributed by atoms with Crippen LogP contribution in [0.2, 0.25) is 5.02 Å². The average Bonchev–Trinajstić information content (AvgIpc) is 2.98. The van der Waals surface area contributed by atoms with Crippen LogP contribution >= 0.6 is 23.4 Å². The molecule has 212 valence electrons. The summed E-state index contributed by atoms with van der Waals surface area (Å²) >= 11 is 7.72. The van der Waals surface area contributed by atoms with Gasteiger partial charge in [-0.3, -0.25) is 14.6 Å². The Morgan fingerprint density at radius 1 is 1.15 bits per heavy atom. The maximum Gasteiger partial charge on any atom is 0.259 e. The number of carbonyl (C=O) groups excluding carboxylic acids is 2. The molecule has 0 aliphatic carbocycles. The van der Waals surface area contributed by atoms with Crippen LogP contribution in [-0.4, -0.2) is 44.8 Å². The normalized spacial score (nSPS) is 15.1. The van der Waals surface area contributed by atoms with Crippen molar-refractivity contribution in [2.75, 3.05) is 29.0 Å². The monoisotopic (exact) mass is 589 g/mol. The first-order valence-electron chi connectivity index (χ1n) is 13.6. The molecule has 4 heterocycles. The van der Waals surface area contributed by atoms with Crippen molar-refractivity contribution in [1.82, 2.24) is 19.9 Å². The molecular formula is C30H32ClN7O2S. The van der Waals surface area contributed by atoms with Gasteiger partial charge in [0, 0.05) is 37.1 Å². The van der Waals surface area contributed by atoms with E-state index in [4.69, 9.17) is 11.6 Å². The third kappa shape index (κ3) is 7.45. The van der Waals surface area contributed by atoms with Crippen molar-refractivity contribution in [3.05, 3.63) is 82.0 Å². The van der Waals surface area contributed by atoms with Crippen molar-refractivity contribution < 1.29 is 9.59 Å². The van der Waals surface area contributed by atoms with Crippen molar-refractivity contribution in [2.45, 2.75) is 39.0 Å². The number of fused-ring (bicyclic) bond motifs is 6. The molecule has 3 aromatic rings. The summed E-state index contributed by atoms with van der Waals surface area (Å²) in [4.78, 5) is 41.3. The zero-order chi connectivity index (χ0) is 28.8. The molecule has 3 N–H and O–H groups in total. The highest BCUT2D eigenvalue weighted by Crippen LogP contribution is 2.30. The fourth-order valence-electron chi connectivity index (χ4n) is 4.93. The van der Waals surface area contributed by atoms with E-state index in [0.717, 1.165) is 47.5 Å². The molecule has 41 heavy (non-hydrogen) atoms. The Morgan fingerprint density at radius 2 is 1.98 bits per heavy atom. The molecule has 5 rings (SSSR count). The van der Waals surface area contributed by atoms with Crippen molar-refractivity contribution in [3.8, 4) is 0 Å². The number of allylic oxidation sites excluding steroid dienone is 1. The number of amides is 2. The van der Waals surface area contributed by atoms with Crippen LogP contribution in [0.1, 0.15) is 37.3 Å². The Labute approximate surface area is 248 Å². The molecular weight excluding hydrogens is 558 g/mol. The van der Waals surface area contributed by atoms with Crippen molar-refractivity contribution in [2.24, 2.45) is 5.92 Å². The maximum atomic E-state index is 13.1. The van der Waals surface area contributed by atoms with Crippen molar-refractivity contribution in [3.63, 3.8) is 0 Å². The van der Waals surface area contributed by atoms with E-state index in [1.165, 1.54) is 11.8 Å². The van der Waals surface area contributed by atoms with E-state index in [0.29, 0.717) is 47.6 Å². The number of rotatable bonds is 6. The van der Waals surface area contributed by atoms with E-state index in [1.807, 2.05) is 53.8 Å². The van der Waals surface area contributed by atoms with Crippen LogP contribution in [0.3, 0.4) is 0 Å². The SMILES string of the molecule is C=C(S/C=C\C)C(=O)N1CCC(CC(=O)Nc2ccc3cc2CCc2cncc(c2)Nc2ncc(Cl)c(n2)N3)CC1. The standard InChI is InChI=1S/C30H32ClN7O2S/c1-3-12-41-19(2)29(40)38-10-8-20(9-11-38)14-27(39)36-26-7-6-23-15-22(26)5-4-21-13-24(17-32-16-21)35-30-33-18-25(31)28(34-23)37-30/h3,6-7,12-13,15-18,20H,2,4-5,8-11,14H2,1H3,(H,36,39)(H2,33,34,35,37)/b12-3-. The molecule has 2 aliphatic heterocycles. The van der Waals surface area contributed by atoms with Gasteiger partial charge in [-0.15, -0.1) is 0 Å². The number of likely N-dealkylation sites (tertiary alicyclic amines) is 1. The fourth-order valence-corrected chi connectivity index (χ4v) is 5.60. The summed E-state index contributed by atoms with van der Waals surface area (Å²) in [5.41, 5.74) is 4.40. The number of aromatic nitrogens is 3. The lowest BCUT2D eigenvalue weighted by molar-refractivity contribution is -0.127. The van der Waals surface area contributed by atoms with Gasteiger partial charge in [-0.25, -0.2) is 4.98 Å². The minimum atomic E-state index is -0.0287. The molecule has 11 heteroatoms. The van der Waals surface area contributed by atoms with Gasteiger partial charge in [-0.2, -0.15) is 4.98 Å². The molecule has 0 saturated carbocycles. The molecule has 1 fully saturated rings. The number of nitrogens with one attached hydrogen (secondary N) is 3. The number of benzene rings is 1. The van der Waals surface area contributed by atoms with Crippen LogP contribution in [0.5, 0.6) is 0 Å². The van der Waals surface area contributed by atoms with Crippen LogP contribution in [0.15, 0.2) is 65.8 Å². The van der Waals surface area contributed by atoms with E-state index in [2.05, 4.69) is 37.5 Å². The number of aryl methyl sites for hydroxylation is 2. The van der Waals surface area contributed by atoms with E-state index in [-0.39, 0.29) is 17.7 Å². The van der Waals surface area contributed by atoms with Gasteiger partial charge in [0.1, 0.15) is 5.02 Å². The van der Waals surface area contributed by atoms with Gasteiger partial charge in [0.15, 0.2) is 5.82 Å². The number of anilines is 5. The van der Waals surface area contributed by atoms with Crippen molar-refractivity contribution in [1.29, 1.82) is 0 Å². The smallest absolute Gasteiger partial charge is 0.259 e. The molecule has 2 aromatic heterocycles. The number of carbonyl (C=O) groups is 2. The molecule has 2 aliphatic rings. The van der Waals surface area contributed by atoms with Crippen LogP contribution < -0.4 is 16.0 Å². The van der Waals surface area contributed by atoms with Gasteiger partial charge in [0.25, 0.3) is 5.91 Å². The zero-order valence-corrected chi connectivity index (χ0v) is 24.4. The second-order valence-corrected chi connectivity index (χ2v) is 11.5. The molecule has 6 bridgehead atoms. The van der Waals surface area contributed by atoms with Gasteiger partial charge in [0.2, 0.25) is 11.9 Å². The van der Waals surface area contributed by atoms with Gasteiger partial charge in [0.05, 0.1) is 23.0 Å². The van der Waals surface area contributed by atoms with E-state index >= 15 is 0 Å². The maximum absolute atomic E-state index is 13.1. The number of hydrogen-bond donors (Lipinski definition) is 3. The molecule has 0 radical (unpaired) electrons. The number of halogens is 1. The molecule has 0 unspecified atom stereocenters. The third-order valence-electron chi connectivity index (χ3n) is 7.08. The first-order valence-corrected chi connectivity index (χ1v) is 14.8. The topological polar surface area (TPSA) is 112 Å². The van der Waals surface area contributed by atoms with Crippen LogP contribution in [0.25, 0.3) is 0 Å². The van der Waals surface area contributed by atoms with Gasteiger partial charge >= 0.3 is 0 Å². The van der Waals surface area contributed by atoms with Gasteiger partial charge in [-0.05, 0) is 79.3 Å². The molecule has 1 saturated heterocycles. The quantitative estimate of drug-likeness (QED) is 0.281. The average molecular weight is 590 g/mol. The zero-order valence-electron chi connectivity index (χ0n) is 22.8. The molecule has 9 nitrogen and oxygen atoms in total. The minimum Gasteiger partial charge on any atom is -0.339 e. The van der Waals surface area contributed by atoms with Gasteiger partial charge in [-0.1, -0.05) is 36.0 Å². The van der Waals surface area contributed by atoms with E-state index in [1.54, 1.807) is 12.4 Å². The molecule has 0 spiro atoms. The second kappa shape index (κ2) is 13.2. The first-order chi connectivity index (χ1) is 19.9. The predicted octanol–water partition coefficient (Wildman–Crippen LogP) is 6.46. The van der Waals surface area contributed by atoms with Gasteiger partial charge < -0.3 is 20.9 Å². The number of hydrogen-bond acceptors (Lipinski definition) is 8. The Balaban J connectivity index is 1.26. The van der Waals surface area contributed by atoms with Crippen LogP contribution in [-0.2, 0) is 22.4 Å². The number of thioether (sulfide) groups is 1. The Bertz CT molecular complexity index is 1490. The summed E-state index contributed by atoms with van der Waals surface area (Å²) in [5.74, 6) is 1.05. The summed E-state index contributed by atoms with van der Waals surface area (Å²) in [5, 5.41) is 11.9. The summed E-state index contributed by atoms with van der Waals surface area (Å²) < 4.78 is 0. The summed E-state index contributed by atoms with van der Waals surface area (Å²) in [7, 11) is 0. The largest absolute Gasteiger partial charge is 0.339 e. The fraction of sp³-hybridized carbons (Fsp3) is 0.300. The van der Waals surface area contributed by atoms with Crippen molar-refractivity contribution >= 4 is 64.0 Å². The van der Waals surface area contributed by atoms with Crippen LogP contribution in [0.4, 0.5) is 28.8 Å². The Kier molecular flexibility index (Phi) is 9.21. The molecule has 0 atom stereocenters. The molecule has 2 amide bonds. The lowest BCUT2D eigenvalue weighted by Crippen LogP contribution is -2.39. The number of nitrogens with zero attached hydrogens (tertiary/aromatic N) is 4. The van der Waals surface area contributed by atoms with Crippen LogP contribution in [0, 0.1) is 5.92 Å². The Hall–Kier alpha value is -3.89. The van der Waals surface area contributed by atoms with E-state index in [9.17, 15) is 9.59 Å². The summed E-state index contributed by atoms with van der Waals surface area (Å²) in [6.45, 7) is 7.07. The minimum absolute atomic E-state index is 0.0271. The Morgan fingerprint density at radius 3 is 2.78 bits per heavy atom. The highest BCUT2D eigenvalue weighted by molar-refractivity contribution is 8.06. The predicted molar refractivity (Wildman–Crippen MR) is 166 cm³/mol. The lowest BCUT2D eigenvalue weighted by atomic mass is 9.93. The highest BCUT2D eigenvalue weighted by atomic mass is 35.5. The third-order valence-corrected chi connectivity index (χ3v) is 8.22. The molecule has 1 aromatic carbocycles. The van der Waals surface area contributed by atoms with E-state index < -0.39 is 0 Å². The number of piperidine rings is 1.